The van der Waals surface area contributed by atoms with Gasteiger partial charge in [0.25, 0.3) is 0 Å². The van der Waals surface area contributed by atoms with E-state index >= 15 is 0 Å². The third-order valence-electron chi connectivity index (χ3n) is 4.63. The monoisotopic (exact) mass is 434 g/mol. The van der Waals surface area contributed by atoms with Gasteiger partial charge in [0, 0.05) is 3.57 Å². The van der Waals surface area contributed by atoms with Crippen LogP contribution in [-0.4, -0.2) is 0 Å². The third-order valence-corrected chi connectivity index (χ3v) is 5.79. The van der Waals surface area contributed by atoms with Gasteiger partial charge in [-0.2, -0.15) is 0 Å². The van der Waals surface area contributed by atoms with Gasteiger partial charge in [-0.05, 0) is 81.0 Å². The van der Waals surface area contributed by atoms with Crippen molar-refractivity contribution in [2.75, 3.05) is 0 Å². The van der Waals surface area contributed by atoms with Gasteiger partial charge in [-0.1, -0.05) is 78.9 Å². The third kappa shape index (κ3) is 3.47. The summed E-state index contributed by atoms with van der Waals surface area (Å²) in [6.45, 7) is 0. The van der Waals surface area contributed by atoms with E-state index < -0.39 is 0 Å². The van der Waals surface area contributed by atoms with Gasteiger partial charge in [-0.25, -0.2) is 0 Å². The molecule has 0 atom stereocenters. The summed E-state index contributed by atoms with van der Waals surface area (Å²) in [5, 5.41) is 0. The van der Waals surface area contributed by atoms with E-state index in [0.29, 0.717) is 0 Å². The van der Waals surface area contributed by atoms with E-state index in [9.17, 15) is 0 Å². The molecule has 0 saturated carbocycles. The molecular formula is C24H19I. The molecule has 3 aromatic carbocycles. The molecule has 0 bridgehead atoms. The summed E-state index contributed by atoms with van der Waals surface area (Å²) in [5.74, 6) is 0. The summed E-state index contributed by atoms with van der Waals surface area (Å²) in [6.07, 6.45) is 8.92. The maximum absolute atomic E-state index is 2.50. The van der Waals surface area contributed by atoms with Gasteiger partial charge < -0.3 is 0 Å². The van der Waals surface area contributed by atoms with Crippen LogP contribution in [0.25, 0.3) is 27.8 Å². The SMILES string of the molecule is Ic1c(-c2ccccc2)cc(C2=CC=CCC2)cc1-c1ccccc1. The van der Waals surface area contributed by atoms with Crippen molar-refractivity contribution >= 4 is 28.2 Å². The maximum Gasteiger partial charge on any atom is 0.0287 e. The van der Waals surface area contributed by atoms with Gasteiger partial charge in [0.1, 0.15) is 0 Å². The largest absolute Gasteiger partial charge is 0.0842 e. The molecule has 0 heterocycles. The smallest absolute Gasteiger partial charge is 0.0287 e. The van der Waals surface area contributed by atoms with Crippen LogP contribution in [0.4, 0.5) is 0 Å². The fraction of sp³-hybridized carbons (Fsp3) is 0.0833. The van der Waals surface area contributed by atoms with E-state index in [2.05, 4.69) is 114 Å². The Bertz CT molecular complexity index is 874. The second-order valence-corrected chi connectivity index (χ2v) is 7.35. The van der Waals surface area contributed by atoms with Gasteiger partial charge in [0.15, 0.2) is 0 Å². The van der Waals surface area contributed by atoms with E-state index in [4.69, 9.17) is 0 Å². The lowest BCUT2D eigenvalue weighted by atomic mass is 9.90. The van der Waals surface area contributed by atoms with Crippen molar-refractivity contribution in [3.05, 3.63) is 100 Å². The molecule has 122 valence electrons. The molecule has 0 N–H and O–H groups in total. The molecule has 0 aliphatic heterocycles. The molecule has 0 fully saturated rings. The predicted octanol–water partition coefficient (Wildman–Crippen LogP) is 7.36. The Kier molecular flexibility index (Phi) is 4.84. The lowest BCUT2D eigenvalue weighted by Crippen LogP contribution is -1.95. The molecule has 4 rings (SSSR count). The van der Waals surface area contributed by atoms with Crippen LogP contribution >= 0.6 is 22.6 Å². The average molecular weight is 434 g/mol. The first-order chi connectivity index (χ1) is 12.3. The zero-order valence-corrected chi connectivity index (χ0v) is 16.1. The molecule has 0 spiro atoms. The Morgan fingerprint density at radius 2 is 1.24 bits per heavy atom. The van der Waals surface area contributed by atoms with E-state index in [1.807, 2.05) is 0 Å². The van der Waals surface area contributed by atoms with Crippen molar-refractivity contribution in [1.29, 1.82) is 0 Å². The Hall–Kier alpha value is -2.13. The molecule has 0 amide bonds. The summed E-state index contributed by atoms with van der Waals surface area (Å²) < 4.78 is 1.31. The molecule has 1 aliphatic carbocycles. The molecular weight excluding hydrogens is 415 g/mol. The highest BCUT2D eigenvalue weighted by Gasteiger charge is 2.14. The fourth-order valence-corrected chi connectivity index (χ4v) is 4.24. The van der Waals surface area contributed by atoms with E-state index in [1.54, 1.807) is 0 Å². The van der Waals surface area contributed by atoms with Crippen molar-refractivity contribution in [3.63, 3.8) is 0 Å². The number of rotatable bonds is 3. The predicted molar refractivity (Wildman–Crippen MR) is 116 cm³/mol. The number of allylic oxidation sites excluding steroid dienone is 4. The highest BCUT2D eigenvalue weighted by atomic mass is 127. The molecule has 0 radical (unpaired) electrons. The van der Waals surface area contributed by atoms with E-state index in [0.717, 1.165) is 12.8 Å². The van der Waals surface area contributed by atoms with Crippen LogP contribution in [0, 0.1) is 3.57 Å². The van der Waals surface area contributed by atoms with Crippen LogP contribution in [0.5, 0.6) is 0 Å². The Balaban J connectivity index is 1.95. The van der Waals surface area contributed by atoms with Crippen molar-refractivity contribution in [3.8, 4) is 22.3 Å². The standard InChI is InChI=1S/C24H19I/c25-24-22(19-12-6-2-7-13-19)16-21(18-10-4-1-5-11-18)17-23(24)20-14-8-3-9-15-20/h1-4,6-10,12-17H,5,11H2. The number of hydrogen-bond donors (Lipinski definition) is 0. The lowest BCUT2D eigenvalue weighted by molar-refractivity contribution is 1.05. The summed E-state index contributed by atoms with van der Waals surface area (Å²) in [6, 6.07) is 26.1. The van der Waals surface area contributed by atoms with Gasteiger partial charge in [0.05, 0.1) is 0 Å². The van der Waals surface area contributed by atoms with Crippen LogP contribution in [0.15, 0.2) is 91.0 Å². The van der Waals surface area contributed by atoms with Crippen LogP contribution in [0.3, 0.4) is 0 Å². The number of benzene rings is 3. The minimum atomic E-state index is 1.11. The molecule has 0 saturated heterocycles. The number of halogens is 1. The molecule has 25 heavy (non-hydrogen) atoms. The molecule has 0 nitrogen and oxygen atoms in total. The van der Waals surface area contributed by atoms with Crippen LogP contribution in [0.2, 0.25) is 0 Å². The second kappa shape index (κ2) is 7.40. The summed E-state index contributed by atoms with van der Waals surface area (Å²) >= 11 is 2.50. The summed E-state index contributed by atoms with van der Waals surface area (Å²) in [5.41, 5.74) is 7.94. The second-order valence-electron chi connectivity index (χ2n) is 6.28. The fourth-order valence-electron chi connectivity index (χ4n) is 3.31. The van der Waals surface area contributed by atoms with E-state index in [-0.39, 0.29) is 0 Å². The Morgan fingerprint density at radius 1 is 0.680 bits per heavy atom. The molecule has 1 heteroatoms. The minimum Gasteiger partial charge on any atom is -0.0842 e. The molecule has 0 aromatic heterocycles. The van der Waals surface area contributed by atoms with Crippen molar-refractivity contribution in [2.45, 2.75) is 12.8 Å². The van der Waals surface area contributed by atoms with Gasteiger partial charge in [-0.15, -0.1) is 0 Å². The van der Waals surface area contributed by atoms with Crippen LogP contribution in [0.1, 0.15) is 18.4 Å². The minimum absolute atomic E-state index is 1.11. The van der Waals surface area contributed by atoms with Crippen molar-refractivity contribution in [2.24, 2.45) is 0 Å². The Morgan fingerprint density at radius 3 is 1.72 bits per heavy atom. The quantitative estimate of drug-likeness (QED) is 0.378. The zero-order valence-electron chi connectivity index (χ0n) is 14.0. The highest BCUT2D eigenvalue weighted by Crippen LogP contribution is 2.38. The average Bonchev–Trinajstić information content (AvgIpc) is 2.70. The molecule has 0 unspecified atom stereocenters. The Labute approximate surface area is 163 Å². The highest BCUT2D eigenvalue weighted by molar-refractivity contribution is 14.1. The molecule has 1 aliphatic rings. The van der Waals surface area contributed by atoms with Gasteiger partial charge in [-0.3, -0.25) is 0 Å². The normalized spacial score (nSPS) is 13.6. The summed E-state index contributed by atoms with van der Waals surface area (Å²) in [4.78, 5) is 0. The maximum atomic E-state index is 2.50. The van der Waals surface area contributed by atoms with Crippen molar-refractivity contribution < 1.29 is 0 Å². The first-order valence-corrected chi connectivity index (χ1v) is 9.71. The lowest BCUT2D eigenvalue weighted by Gasteiger charge is -2.17. The topological polar surface area (TPSA) is 0 Å². The zero-order chi connectivity index (χ0) is 17.1. The molecule has 3 aromatic rings. The van der Waals surface area contributed by atoms with Crippen LogP contribution < -0.4 is 0 Å². The van der Waals surface area contributed by atoms with Gasteiger partial charge in [0.2, 0.25) is 0 Å². The van der Waals surface area contributed by atoms with Crippen molar-refractivity contribution in [1.82, 2.24) is 0 Å². The number of hydrogen-bond acceptors (Lipinski definition) is 0. The first kappa shape index (κ1) is 16.3. The van der Waals surface area contributed by atoms with E-state index in [1.165, 1.54) is 37.0 Å². The van der Waals surface area contributed by atoms with Gasteiger partial charge >= 0.3 is 0 Å². The summed E-state index contributed by atoms with van der Waals surface area (Å²) in [7, 11) is 0. The first-order valence-electron chi connectivity index (χ1n) is 8.63. The van der Waals surface area contributed by atoms with Crippen LogP contribution in [-0.2, 0) is 0 Å².